The third-order valence-electron chi connectivity index (χ3n) is 10.8. The van der Waals surface area contributed by atoms with E-state index in [1.165, 1.54) is 82.6 Å². The Morgan fingerprint density at radius 3 is 2.39 bits per heavy atom. The molecule has 7 atom stereocenters. The SMILES string of the molecule is C=C(C)CCCC1(CC)CCC2C(CCC(C3(C)CC[CH-]C(C)(C)C3CC)C2C)C1.[Y]. The van der Waals surface area contributed by atoms with Crippen molar-refractivity contribution < 1.29 is 32.7 Å². The van der Waals surface area contributed by atoms with E-state index in [4.69, 9.17) is 0 Å². The van der Waals surface area contributed by atoms with Crippen molar-refractivity contribution in [3.05, 3.63) is 18.6 Å². The zero-order valence-corrected chi connectivity index (χ0v) is 25.1. The molecule has 3 aliphatic carbocycles. The predicted molar refractivity (Wildman–Crippen MR) is 133 cm³/mol. The van der Waals surface area contributed by atoms with E-state index in [1.54, 1.807) is 0 Å². The van der Waals surface area contributed by atoms with Gasteiger partial charge in [0.15, 0.2) is 0 Å². The van der Waals surface area contributed by atoms with Gasteiger partial charge in [0.1, 0.15) is 0 Å². The Hall–Kier alpha value is 0.844. The second kappa shape index (κ2) is 11.1. The van der Waals surface area contributed by atoms with Gasteiger partial charge >= 0.3 is 0 Å². The van der Waals surface area contributed by atoms with E-state index in [-0.39, 0.29) is 32.7 Å². The molecule has 0 nitrogen and oxygen atoms in total. The van der Waals surface area contributed by atoms with E-state index in [2.05, 4.69) is 61.5 Å². The molecule has 177 valence electrons. The Morgan fingerprint density at radius 2 is 1.77 bits per heavy atom. The van der Waals surface area contributed by atoms with Crippen LogP contribution in [0.5, 0.6) is 0 Å². The van der Waals surface area contributed by atoms with Gasteiger partial charge in [0.2, 0.25) is 0 Å². The van der Waals surface area contributed by atoms with Crippen LogP contribution in [0.3, 0.4) is 0 Å². The van der Waals surface area contributed by atoms with Gasteiger partial charge in [0.05, 0.1) is 0 Å². The van der Waals surface area contributed by atoms with Gasteiger partial charge in [-0.25, -0.2) is 0 Å². The molecule has 0 amide bonds. The molecule has 0 bridgehead atoms. The molecule has 0 aromatic heterocycles. The molecule has 3 rings (SSSR count). The summed E-state index contributed by atoms with van der Waals surface area (Å²) in [6.45, 7) is 21.7. The summed E-state index contributed by atoms with van der Waals surface area (Å²) < 4.78 is 0. The first kappa shape index (κ1) is 28.1. The standard InChI is InChI=1S/C30H53.Y/c1-9-27-28(6,7)17-12-18-29(27,8)26-15-14-24-21-30(10-2,19-11-13-22(3)4)20-16-25(24)23(26)5;/h17,23-27H,3,9-16,18-21H2,1-2,4-8H3;/q-1;. The Bertz CT molecular complexity index is 591. The van der Waals surface area contributed by atoms with Crippen molar-refractivity contribution in [1.82, 2.24) is 0 Å². The summed E-state index contributed by atoms with van der Waals surface area (Å²) in [6.07, 6.45) is 19.7. The summed E-state index contributed by atoms with van der Waals surface area (Å²) in [7, 11) is 0. The fourth-order valence-electron chi connectivity index (χ4n) is 9.26. The minimum Gasteiger partial charge on any atom is -0.323 e. The second-order valence-electron chi connectivity index (χ2n) is 12.9. The van der Waals surface area contributed by atoms with Crippen molar-refractivity contribution in [2.45, 2.75) is 126 Å². The number of hydrogen-bond donors (Lipinski definition) is 0. The first-order valence-electron chi connectivity index (χ1n) is 13.6. The maximum absolute atomic E-state index is 4.14. The maximum Gasteiger partial charge on any atom is 0 e. The Morgan fingerprint density at radius 1 is 1.06 bits per heavy atom. The summed E-state index contributed by atoms with van der Waals surface area (Å²) >= 11 is 0. The quantitative estimate of drug-likeness (QED) is 0.240. The summed E-state index contributed by atoms with van der Waals surface area (Å²) in [5.74, 6) is 4.70. The second-order valence-corrected chi connectivity index (χ2v) is 12.9. The van der Waals surface area contributed by atoms with Crippen molar-refractivity contribution in [3.8, 4) is 0 Å². The summed E-state index contributed by atoms with van der Waals surface area (Å²) in [5.41, 5.74) is 2.96. The van der Waals surface area contributed by atoms with Gasteiger partial charge in [-0.15, -0.1) is 6.58 Å². The molecular formula is C30H53Y-. The summed E-state index contributed by atoms with van der Waals surface area (Å²) in [6, 6.07) is 0. The first-order valence-corrected chi connectivity index (χ1v) is 13.6. The number of hydrogen-bond acceptors (Lipinski definition) is 0. The topological polar surface area (TPSA) is 0 Å². The Labute approximate surface area is 221 Å². The van der Waals surface area contributed by atoms with Crippen LogP contribution in [0.1, 0.15) is 126 Å². The predicted octanol–water partition coefficient (Wildman–Crippen LogP) is 9.65. The van der Waals surface area contributed by atoms with Crippen LogP contribution in [-0.2, 0) is 32.7 Å². The molecular weight excluding hydrogens is 449 g/mol. The van der Waals surface area contributed by atoms with Gasteiger partial charge in [0.25, 0.3) is 0 Å². The summed E-state index contributed by atoms with van der Waals surface area (Å²) in [5, 5.41) is 0. The van der Waals surface area contributed by atoms with Crippen molar-refractivity contribution in [2.24, 2.45) is 45.8 Å². The fraction of sp³-hybridized carbons (Fsp3) is 0.900. The molecule has 0 N–H and O–H groups in total. The Kier molecular flexibility index (Phi) is 10.0. The maximum atomic E-state index is 4.14. The molecule has 1 radical (unpaired) electrons. The molecule has 0 heterocycles. The molecule has 0 aromatic rings. The van der Waals surface area contributed by atoms with E-state index in [1.807, 2.05) is 0 Å². The number of rotatable bonds is 7. The van der Waals surface area contributed by atoms with Crippen molar-refractivity contribution in [1.29, 1.82) is 0 Å². The van der Waals surface area contributed by atoms with Crippen LogP contribution in [0.4, 0.5) is 0 Å². The van der Waals surface area contributed by atoms with Gasteiger partial charge in [0, 0.05) is 32.7 Å². The Balaban J connectivity index is 0.00000341. The van der Waals surface area contributed by atoms with Crippen LogP contribution < -0.4 is 0 Å². The van der Waals surface area contributed by atoms with Gasteiger partial charge in [-0.3, -0.25) is 0 Å². The van der Waals surface area contributed by atoms with Gasteiger partial charge < -0.3 is 6.42 Å². The minimum atomic E-state index is 0. The first-order chi connectivity index (χ1) is 14.1. The van der Waals surface area contributed by atoms with Crippen molar-refractivity contribution in [2.75, 3.05) is 0 Å². The number of allylic oxidation sites excluding steroid dienone is 1. The molecule has 31 heavy (non-hydrogen) atoms. The third kappa shape index (κ3) is 5.74. The molecule has 0 saturated heterocycles. The normalized spacial score (nSPS) is 42.4. The molecule has 3 aliphatic rings. The summed E-state index contributed by atoms with van der Waals surface area (Å²) in [4.78, 5) is 0. The third-order valence-corrected chi connectivity index (χ3v) is 10.8. The molecule has 3 fully saturated rings. The molecule has 0 spiro atoms. The zero-order chi connectivity index (χ0) is 22.2. The van der Waals surface area contributed by atoms with Crippen LogP contribution in [0.25, 0.3) is 0 Å². The van der Waals surface area contributed by atoms with Crippen LogP contribution in [0, 0.1) is 52.3 Å². The van der Waals surface area contributed by atoms with Gasteiger partial charge in [-0.05, 0) is 92.8 Å². The molecule has 3 saturated carbocycles. The van der Waals surface area contributed by atoms with Crippen molar-refractivity contribution in [3.63, 3.8) is 0 Å². The van der Waals surface area contributed by atoms with Crippen LogP contribution in [-0.4, -0.2) is 0 Å². The van der Waals surface area contributed by atoms with Gasteiger partial charge in [-0.2, -0.15) is 11.8 Å². The van der Waals surface area contributed by atoms with Gasteiger partial charge in [-0.1, -0.05) is 72.3 Å². The minimum absolute atomic E-state index is 0. The zero-order valence-electron chi connectivity index (χ0n) is 22.2. The van der Waals surface area contributed by atoms with Crippen molar-refractivity contribution >= 4 is 0 Å². The van der Waals surface area contributed by atoms with E-state index in [0.717, 1.165) is 29.6 Å². The molecule has 0 aliphatic heterocycles. The molecule has 0 aromatic carbocycles. The van der Waals surface area contributed by atoms with E-state index in [9.17, 15) is 0 Å². The van der Waals surface area contributed by atoms with Crippen LogP contribution in [0.2, 0.25) is 0 Å². The monoisotopic (exact) mass is 502 g/mol. The number of fused-ring (bicyclic) bond motifs is 1. The van der Waals surface area contributed by atoms with E-state index < -0.39 is 0 Å². The smallest absolute Gasteiger partial charge is 0 e. The molecule has 7 unspecified atom stereocenters. The van der Waals surface area contributed by atoms with Crippen LogP contribution >= 0.6 is 0 Å². The average molecular weight is 503 g/mol. The molecule has 1 heteroatoms. The van der Waals surface area contributed by atoms with E-state index in [0.29, 0.717) is 16.2 Å². The van der Waals surface area contributed by atoms with Crippen LogP contribution in [0.15, 0.2) is 12.2 Å². The van der Waals surface area contributed by atoms with E-state index >= 15 is 0 Å². The fourth-order valence-corrected chi connectivity index (χ4v) is 9.26. The average Bonchev–Trinajstić information content (AvgIpc) is 2.67. The largest absolute Gasteiger partial charge is 0.323 e.